The lowest BCUT2D eigenvalue weighted by Gasteiger charge is -2.08. The highest BCUT2D eigenvalue weighted by atomic mass is 32.2. The molecule has 4 rings (SSSR count). The summed E-state index contributed by atoms with van der Waals surface area (Å²) in [5.74, 6) is -2.38. The number of aryl methyl sites for hydroxylation is 1. The number of benzene rings is 1. The van der Waals surface area contributed by atoms with Crippen molar-refractivity contribution >= 4 is 79.4 Å². The van der Waals surface area contributed by atoms with Crippen LogP contribution >= 0.6 is 34.4 Å². The highest BCUT2D eigenvalue weighted by molar-refractivity contribution is 8.00. The number of esters is 3. The van der Waals surface area contributed by atoms with E-state index >= 15 is 0 Å². The summed E-state index contributed by atoms with van der Waals surface area (Å²) in [5.41, 5.74) is 2.35. The van der Waals surface area contributed by atoms with E-state index in [2.05, 4.69) is 10.3 Å². The summed E-state index contributed by atoms with van der Waals surface area (Å²) in [6, 6.07) is 4.85. The molecule has 2 amide bonds. The van der Waals surface area contributed by atoms with Crippen LogP contribution in [0.15, 0.2) is 23.2 Å². The Bertz CT molecular complexity index is 1600. The van der Waals surface area contributed by atoms with Crippen molar-refractivity contribution in [2.75, 3.05) is 37.1 Å². The van der Waals surface area contributed by atoms with Crippen LogP contribution in [0.4, 0.5) is 5.00 Å². The second-order valence-electron chi connectivity index (χ2n) is 9.49. The maximum atomic E-state index is 12.8. The number of carbonyl (C=O) groups is 5. The molecule has 1 N–H and O–H groups in total. The molecule has 2 aromatic heterocycles. The molecule has 1 aliphatic carbocycles. The number of anilines is 1. The van der Waals surface area contributed by atoms with Gasteiger partial charge >= 0.3 is 17.9 Å². The predicted octanol–water partition coefficient (Wildman–Crippen LogP) is 4.36. The average molecular weight is 648 g/mol. The van der Waals surface area contributed by atoms with E-state index in [9.17, 15) is 24.0 Å². The van der Waals surface area contributed by atoms with Gasteiger partial charge in [0.2, 0.25) is 5.91 Å². The molecule has 14 heteroatoms. The molecule has 3 aromatic rings. The molecule has 1 aromatic carbocycles. The van der Waals surface area contributed by atoms with Gasteiger partial charge < -0.3 is 24.1 Å². The molecule has 1 aliphatic rings. The van der Waals surface area contributed by atoms with Crippen LogP contribution in [0.1, 0.15) is 64.3 Å². The van der Waals surface area contributed by atoms with Crippen molar-refractivity contribution in [3.8, 4) is 0 Å². The van der Waals surface area contributed by atoms with Crippen LogP contribution < -0.4 is 10.1 Å². The van der Waals surface area contributed by atoms with Gasteiger partial charge in [0, 0.05) is 4.88 Å². The number of methoxy groups -OCH3 is 1. The number of fused-ring (bicyclic) bond motifs is 2. The summed E-state index contributed by atoms with van der Waals surface area (Å²) in [6.45, 7) is 3.72. The minimum atomic E-state index is -0.510. The van der Waals surface area contributed by atoms with E-state index in [0.29, 0.717) is 26.3 Å². The minimum absolute atomic E-state index is 0.0240. The van der Waals surface area contributed by atoms with Gasteiger partial charge in [-0.2, -0.15) is 4.99 Å². The maximum absolute atomic E-state index is 12.8. The van der Waals surface area contributed by atoms with Crippen LogP contribution in [0.3, 0.4) is 0 Å². The number of hydrogen-bond donors (Lipinski definition) is 1. The number of thioether (sulfide) groups is 1. The third kappa shape index (κ3) is 8.12. The fourth-order valence-electron chi connectivity index (χ4n) is 4.67. The number of aromatic nitrogens is 1. The summed E-state index contributed by atoms with van der Waals surface area (Å²) in [5, 5.41) is 3.34. The zero-order valence-electron chi connectivity index (χ0n) is 24.2. The standard InChI is InChI=1S/C29H33N3O8S3/c1-4-39-24(35)14-32-19-12-11-17(27(36)38-3)13-21(19)43-29(32)31-23(34)16-41-15-22(33)30-26-25(28(37)40-5-2)18-9-7-6-8-10-20(18)42-26/h11-13H,4-10,14-16H2,1-3H3,(H,30,33). The predicted molar refractivity (Wildman–Crippen MR) is 166 cm³/mol. The topological polar surface area (TPSA) is 142 Å². The molecule has 0 spiro atoms. The molecule has 0 fully saturated rings. The van der Waals surface area contributed by atoms with Crippen LogP contribution in [0.25, 0.3) is 10.2 Å². The SMILES string of the molecule is CCOC(=O)Cn1c(=NC(=O)CSCC(=O)Nc2sc3c(c2C(=O)OCC)CCCCC3)sc2cc(C(=O)OC)ccc21. The molecule has 230 valence electrons. The first-order valence-electron chi connectivity index (χ1n) is 13.9. The molecular weight excluding hydrogens is 615 g/mol. The largest absolute Gasteiger partial charge is 0.465 e. The van der Waals surface area contributed by atoms with E-state index < -0.39 is 23.8 Å². The summed E-state index contributed by atoms with van der Waals surface area (Å²) in [7, 11) is 1.29. The number of ether oxygens (including phenoxy) is 3. The zero-order valence-corrected chi connectivity index (χ0v) is 26.6. The molecule has 2 heterocycles. The van der Waals surface area contributed by atoms with E-state index in [1.165, 1.54) is 18.4 Å². The maximum Gasteiger partial charge on any atom is 0.341 e. The van der Waals surface area contributed by atoms with Crippen LogP contribution in [-0.2, 0) is 48.0 Å². The normalized spacial score (nSPS) is 13.2. The molecule has 11 nitrogen and oxygen atoms in total. The van der Waals surface area contributed by atoms with Crippen molar-refractivity contribution in [2.45, 2.75) is 52.5 Å². The fourth-order valence-corrected chi connectivity index (χ4v) is 7.65. The van der Waals surface area contributed by atoms with Gasteiger partial charge in [0.15, 0.2) is 4.80 Å². The molecule has 0 saturated carbocycles. The quantitative estimate of drug-likeness (QED) is 0.183. The van der Waals surface area contributed by atoms with E-state index in [0.717, 1.165) is 65.6 Å². The second kappa shape index (κ2) is 15.3. The van der Waals surface area contributed by atoms with Crippen LogP contribution in [0.5, 0.6) is 0 Å². The number of nitrogens with zero attached hydrogens (tertiary/aromatic N) is 2. The summed E-state index contributed by atoms with van der Waals surface area (Å²) in [6.07, 6.45) is 4.76. The van der Waals surface area contributed by atoms with E-state index in [-0.39, 0.29) is 42.0 Å². The molecule has 0 radical (unpaired) electrons. The molecule has 43 heavy (non-hydrogen) atoms. The highest BCUT2D eigenvalue weighted by Crippen LogP contribution is 2.38. The Morgan fingerprint density at radius 2 is 1.74 bits per heavy atom. The van der Waals surface area contributed by atoms with Crippen LogP contribution in [0.2, 0.25) is 0 Å². The Balaban J connectivity index is 1.47. The minimum Gasteiger partial charge on any atom is -0.465 e. The highest BCUT2D eigenvalue weighted by Gasteiger charge is 2.26. The zero-order chi connectivity index (χ0) is 30.9. The second-order valence-corrected chi connectivity index (χ2v) is 12.6. The Morgan fingerprint density at radius 3 is 2.49 bits per heavy atom. The van der Waals surface area contributed by atoms with Gasteiger partial charge in [0.05, 0.1) is 53.2 Å². The van der Waals surface area contributed by atoms with Crippen LogP contribution in [0, 0.1) is 0 Å². The number of thiazole rings is 1. The molecule has 0 saturated heterocycles. The van der Waals surface area contributed by atoms with Gasteiger partial charge in [-0.1, -0.05) is 17.8 Å². The van der Waals surface area contributed by atoms with E-state index in [1.807, 2.05) is 0 Å². The summed E-state index contributed by atoms with van der Waals surface area (Å²) >= 11 is 3.66. The third-order valence-corrected chi connectivity index (χ3v) is 9.70. The number of carbonyl (C=O) groups excluding carboxylic acids is 5. The molecule has 0 bridgehead atoms. The van der Waals surface area contributed by atoms with Crippen molar-refractivity contribution in [1.82, 2.24) is 4.57 Å². The monoisotopic (exact) mass is 647 g/mol. The Hall–Kier alpha value is -3.49. The first kappa shape index (κ1) is 32.4. The first-order valence-corrected chi connectivity index (χ1v) is 16.7. The van der Waals surface area contributed by atoms with Crippen molar-refractivity contribution < 1.29 is 38.2 Å². The molecular formula is C29H33N3O8S3. The number of hydrogen-bond acceptors (Lipinski definition) is 11. The van der Waals surface area contributed by atoms with E-state index in [4.69, 9.17) is 14.2 Å². The van der Waals surface area contributed by atoms with Gasteiger partial charge in [-0.25, -0.2) is 9.59 Å². The lowest BCUT2D eigenvalue weighted by molar-refractivity contribution is -0.143. The van der Waals surface area contributed by atoms with Crippen LogP contribution in [-0.4, -0.2) is 66.1 Å². The Morgan fingerprint density at radius 1 is 0.977 bits per heavy atom. The van der Waals surface area contributed by atoms with Gasteiger partial charge in [0.25, 0.3) is 5.91 Å². The lowest BCUT2D eigenvalue weighted by atomic mass is 10.1. The average Bonchev–Trinajstić information content (AvgIpc) is 3.38. The molecule has 0 unspecified atom stereocenters. The number of thiophene rings is 1. The smallest absolute Gasteiger partial charge is 0.341 e. The summed E-state index contributed by atoms with van der Waals surface area (Å²) < 4.78 is 17.3. The third-order valence-electron chi connectivity index (χ3n) is 6.53. The van der Waals surface area contributed by atoms with E-state index in [1.54, 1.807) is 36.6 Å². The van der Waals surface area contributed by atoms with Gasteiger partial charge in [0.1, 0.15) is 11.5 Å². The number of nitrogens with one attached hydrogen (secondary N) is 1. The Kier molecular flexibility index (Phi) is 11.5. The van der Waals surface area contributed by atoms with Gasteiger partial charge in [-0.15, -0.1) is 23.1 Å². The van der Waals surface area contributed by atoms with Crippen molar-refractivity contribution in [3.05, 3.63) is 44.6 Å². The first-order chi connectivity index (χ1) is 20.7. The van der Waals surface area contributed by atoms with Gasteiger partial charge in [-0.05, 0) is 63.3 Å². The molecule has 0 atom stereocenters. The van der Waals surface area contributed by atoms with Crippen molar-refractivity contribution in [1.29, 1.82) is 0 Å². The molecule has 0 aliphatic heterocycles. The van der Waals surface area contributed by atoms with Crippen molar-refractivity contribution in [3.63, 3.8) is 0 Å². The summed E-state index contributed by atoms with van der Waals surface area (Å²) in [4.78, 5) is 68.2. The fraction of sp³-hybridized carbons (Fsp3) is 0.448. The lowest BCUT2D eigenvalue weighted by Crippen LogP contribution is -2.23. The van der Waals surface area contributed by atoms with Crippen molar-refractivity contribution in [2.24, 2.45) is 4.99 Å². The Labute approximate surface area is 260 Å². The number of amides is 2. The van der Waals surface area contributed by atoms with Gasteiger partial charge in [-0.3, -0.25) is 14.4 Å². The number of rotatable bonds is 11.